The fraction of sp³-hybridized carbons (Fsp3) is 0.733. The van der Waals surface area contributed by atoms with E-state index >= 15 is 0 Å². The molecule has 0 aliphatic heterocycles. The molecule has 0 saturated heterocycles. The van der Waals surface area contributed by atoms with Crippen LogP contribution >= 0.6 is 0 Å². The summed E-state index contributed by atoms with van der Waals surface area (Å²) in [4.78, 5) is 23.4. The Morgan fingerprint density at radius 1 is 1.37 bits per heavy atom. The lowest BCUT2D eigenvalue weighted by molar-refractivity contribution is -0.147. The lowest BCUT2D eigenvalue weighted by Gasteiger charge is -2.21. The van der Waals surface area contributed by atoms with Crippen LogP contribution in [0.5, 0.6) is 0 Å². The van der Waals surface area contributed by atoms with E-state index in [4.69, 9.17) is 4.74 Å². The molecule has 1 rings (SSSR count). The summed E-state index contributed by atoms with van der Waals surface area (Å²) < 4.78 is 5.01. The fourth-order valence-electron chi connectivity index (χ4n) is 2.38. The van der Waals surface area contributed by atoms with E-state index in [2.05, 4.69) is 11.9 Å². The number of ether oxygens (including phenoxy) is 1. The highest BCUT2D eigenvalue weighted by Gasteiger charge is 2.20. The van der Waals surface area contributed by atoms with Crippen LogP contribution in [0.1, 0.15) is 51.9 Å². The van der Waals surface area contributed by atoms with Crippen LogP contribution in [0.25, 0.3) is 0 Å². The summed E-state index contributed by atoms with van der Waals surface area (Å²) in [6, 6.07) is -0.569. The lowest BCUT2D eigenvalue weighted by Crippen LogP contribution is -2.40. The molecular formula is C15H25NO3. The molecule has 0 aromatic heterocycles. The number of carbonyl (C=O) groups excluding carboxylic acids is 2. The standard InChI is InChI=1S/C15H25NO3/c1-3-4-10-19-15(18)12(2)16-14(17)11-13-8-6-5-7-9-13/h3,12-13H,1,4-11H2,2H3,(H,16,17)/t12-/m1/s1. The van der Waals surface area contributed by atoms with Gasteiger partial charge in [0.15, 0.2) is 0 Å². The number of hydrogen-bond donors (Lipinski definition) is 1. The van der Waals surface area contributed by atoms with Gasteiger partial charge in [0.1, 0.15) is 6.04 Å². The van der Waals surface area contributed by atoms with Gasteiger partial charge in [0.25, 0.3) is 0 Å². The number of esters is 1. The first-order valence-corrected chi connectivity index (χ1v) is 7.20. The Labute approximate surface area is 115 Å². The first-order valence-electron chi connectivity index (χ1n) is 7.20. The molecule has 0 aromatic carbocycles. The molecule has 1 saturated carbocycles. The van der Waals surface area contributed by atoms with Crippen molar-refractivity contribution in [3.63, 3.8) is 0 Å². The Hall–Kier alpha value is -1.32. The van der Waals surface area contributed by atoms with Crippen molar-refractivity contribution in [2.75, 3.05) is 6.61 Å². The van der Waals surface area contributed by atoms with Crippen molar-refractivity contribution in [1.29, 1.82) is 0 Å². The molecule has 19 heavy (non-hydrogen) atoms. The number of hydrogen-bond acceptors (Lipinski definition) is 3. The normalized spacial score (nSPS) is 17.5. The third-order valence-electron chi connectivity index (χ3n) is 3.50. The lowest BCUT2D eigenvalue weighted by atomic mass is 9.87. The Balaban J connectivity index is 2.22. The molecule has 108 valence electrons. The number of amides is 1. The molecule has 0 unspecified atom stereocenters. The third kappa shape index (κ3) is 6.41. The van der Waals surface area contributed by atoms with Crippen LogP contribution in [-0.4, -0.2) is 24.5 Å². The molecule has 1 fully saturated rings. The topological polar surface area (TPSA) is 55.4 Å². The van der Waals surface area contributed by atoms with Crippen LogP contribution in [0.15, 0.2) is 12.7 Å². The Morgan fingerprint density at radius 3 is 2.68 bits per heavy atom. The quantitative estimate of drug-likeness (QED) is 0.438. The maximum absolute atomic E-state index is 11.8. The van der Waals surface area contributed by atoms with Gasteiger partial charge in [-0.3, -0.25) is 4.79 Å². The molecule has 0 spiro atoms. The van der Waals surface area contributed by atoms with Crippen LogP contribution in [0.2, 0.25) is 0 Å². The number of carbonyl (C=O) groups is 2. The summed E-state index contributed by atoms with van der Waals surface area (Å²) in [7, 11) is 0. The van der Waals surface area contributed by atoms with Gasteiger partial charge in [-0.05, 0) is 32.1 Å². The Morgan fingerprint density at radius 2 is 2.05 bits per heavy atom. The Kier molecular flexibility index (Phi) is 7.23. The van der Waals surface area contributed by atoms with Crippen LogP contribution in [0.4, 0.5) is 0 Å². The fourth-order valence-corrected chi connectivity index (χ4v) is 2.38. The molecule has 1 amide bonds. The van der Waals surface area contributed by atoms with Crippen LogP contribution in [0.3, 0.4) is 0 Å². The van der Waals surface area contributed by atoms with Crippen molar-refractivity contribution in [3.8, 4) is 0 Å². The van der Waals surface area contributed by atoms with Crippen LogP contribution in [-0.2, 0) is 14.3 Å². The predicted octanol–water partition coefficient (Wildman–Crippen LogP) is 2.58. The minimum Gasteiger partial charge on any atom is -0.464 e. The summed E-state index contributed by atoms with van der Waals surface area (Å²) >= 11 is 0. The second-order valence-corrected chi connectivity index (χ2v) is 5.24. The van der Waals surface area contributed by atoms with E-state index in [9.17, 15) is 9.59 Å². The highest BCUT2D eigenvalue weighted by atomic mass is 16.5. The van der Waals surface area contributed by atoms with Crippen molar-refractivity contribution in [2.24, 2.45) is 5.92 Å². The van der Waals surface area contributed by atoms with Gasteiger partial charge in [0, 0.05) is 6.42 Å². The van der Waals surface area contributed by atoms with Gasteiger partial charge < -0.3 is 10.1 Å². The summed E-state index contributed by atoms with van der Waals surface area (Å²) in [5, 5.41) is 2.71. The van der Waals surface area contributed by atoms with Gasteiger partial charge in [-0.25, -0.2) is 4.79 Å². The molecule has 1 aliphatic rings. The van der Waals surface area contributed by atoms with E-state index in [-0.39, 0.29) is 11.9 Å². The molecule has 4 heteroatoms. The Bertz CT molecular complexity index is 309. The van der Waals surface area contributed by atoms with E-state index in [1.807, 2.05) is 0 Å². The number of rotatable bonds is 7. The van der Waals surface area contributed by atoms with Gasteiger partial charge in [-0.1, -0.05) is 25.3 Å². The zero-order chi connectivity index (χ0) is 14.1. The van der Waals surface area contributed by atoms with Gasteiger partial charge in [-0.2, -0.15) is 0 Å². The first kappa shape index (κ1) is 15.7. The zero-order valence-corrected chi connectivity index (χ0v) is 11.8. The monoisotopic (exact) mass is 267 g/mol. The van der Waals surface area contributed by atoms with E-state index in [0.29, 0.717) is 25.4 Å². The van der Waals surface area contributed by atoms with E-state index < -0.39 is 6.04 Å². The van der Waals surface area contributed by atoms with E-state index in [1.165, 1.54) is 19.3 Å². The first-order chi connectivity index (χ1) is 9.13. The predicted molar refractivity (Wildman–Crippen MR) is 74.6 cm³/mol. The summed E-state index contributed by atoms with van der Waals surface area (Å²) in [6.45, 7) is 5.54. The van der Waals surface area contributed by atoms with Gasteiger partial charge in [0.2, 0.25) is 5.91 Å². The molecule has 0 aromatic rings. The molecule has 0 bridgehead atoms. The second kappa shape index (κ2) is 8.73. The van der Waals surface area contributed by atoms with E-state index in [0.717, 1.165) is 12.8 Å². The maximum Gasteiger partial charge on any atom is 0.328 e. The average Bonchev–Trinajstić information content (AvgIpc) is 2.39. The van der Waals surface area contributed by atoms with E-state index in [1.54, 1.807) is 13.0 Å². The molecule has 1 aliphatic carbocycles. The smallest absolute Gasteiger partial charge is 0.328 e. The van der Waals surface area contributed by atoms with Crippen LogP contribution < -0.4 is 5.32 Å². The molecular weight excluding hydrogens is 242 g/mol. The molecule has 1 N–H and O–H groups in total. The highest BCUT2D eigenvalue weighted by Crippen LogP contribution is 2.26. The van der Waals surface area contributed by atoms with Crippen molar-refractivity contribution in [3.05, 3.63) is 12.7 Å². The summed E-state index contributed by atoms with van der Waals surface area (Å²) in [5.41, 5.74) is 0. The minimum absolute atomic E-state index is 0.0416. The SMILES string of the molecule is C=CCCOC(=O)[C@@H](C)NC(=O)CC1CCCCC1. The molecule has 1 atom stereocenters. The third-order valence-corrected chi connectivity index (χ3v) is 3.50. The highest BCUT2D eigenvalue weighted by molar-refractivity contribution is 5.84. The summed E-state index contributed by atoms with van der Waals surface area (Å²) in [6.07, 6.45) is 8.84. The molecule has 0 heterocycles. The zero-order valence-electron chi connectivity index (χ0n) is 11.8. The largest absolute Gasteiger partial charge is 0.464 e. The maximum atomic E-state index is 11.8. The number of nitrogens with one attached hydrogen (secondary N) is 1. The molecule has 0 radical (unpaired) electrons. The van der Waals surface area contributed by atoms with Crippen molar-refractivity contribution < 1.29 is 14.3 Å². The summed E-state index contributed by atoms with van der Waals surface area (Å²) in [5.74, 6) is 0.0663. The van der Waals surface area contributed by atoms with Crippen molar-refractivity contribution in [1.82, 2.24) is 5.32 Å². The van der Waals surface area contributed by atoms with Gasteiger partial charge >= 0.3 is 5.97 Å². The van der Waals surface area contributed by atoms with Gasteiger partial charge in [0.05, 0.1) is 6.61 Å². The molecule has 4 nitrogen and oxygen atoms in total. The second-order valence-electron chi connectivity index (χ2n) is 5.24. The van der Waals surface area contributed by atoms with Crippen molar-refractivity contribution in [2.45, 2.75) is 57.9 Å². The van der Waals surface area contributed by atoms with Crippen LogP contribution in [0, 0.1) is 5.92 Å². The average molecular weight is 267 g/mol. The minimum atomic E-state index is -0.569. The van der Waals surface area contributed by atoms with Crippen molar-refractivity contribution >= 4 is 11.9 Å². The van der Waals surface area contributed by atoms with Gasteiger partial charge in [-0.15, -0.1) is 6.58 Å².